The topological polar surface area (TPSA) is 47.6 Å². The van der Waals surface area contributed by atoms with E-state index in [0.717, 1.165) is 61.3 Å². The molecule has 1 fully saturated rings. The maximum absolute atomic E-state index is 13.1. The molecule has 0 bridgehead atoms. The van der Waals surface area contributed by atoms with Gasteiger partial charge in [-0.3, -0.25) is 4.79 Å². The Kier molecular flexibility index (Phi) is 7.51. The standard InChI is InChI=1S/C22H35NO3/c1-6-8-12-25-20-17(4)13-19(14-18(20)5)23-21(24)22(26-7-2)11-9-10-16(3)15-22/h13-14,16H,6-12,15H2,1-5H3,(H,23,24). The molecule has 1 aliphatic carbocycles. The van der Waals surface area contributed by atoms with Crippen LogP contribution in [-0.4, -0.2) is 24.7 Å². The number of amides is 1. The van der Waals surface area contributed by atoms with E-state index in [1.165, 1.54) is 6.42 Å². The molecular formula is C22H35NO3. The summed E-state index contributed by atoms with van der Waals surface area (Å²) in [6.45, 7) is 11.7. The van der Waals surface area contributed by atoms with E-state index < -0.39 is 5.60 Å². The van der Waals surface area contributed by atoms with E-state index in [9.17, 15) is 4.79 Å². The lowest BCUT2D eigenvalue weighted by Crippen LogP contribution is -2.48. The van der Waals surface area contributed by atoms with Crippen LogP contribution in [0.25, 0.3) is 0 Å². The predicted octanol–water partition coefficient (Wildman–Crippen LogP) is 5.41. The summed E-state index contributed by atoms with van der Waals surface area (Å²) in [5, 5.41) is 3.11. The van der Waals surface area contributed by atoms with E-state index in [4.69, 9.17) is 9.47 Å². The number of hydrogen-bond donors (Lipinski definition) is 1. The highest BCUT2D eigenvalue weighted by atomic mass is 16.5. The molecule has 0 radical (unpaired) electrons. The van der Waals surface area contributed by atoms with Crippen molar-refractivity contribution in [2.75, 3.05) is 18.5 Å². The van der Waals surface area contributed by atoms with Crippen molar-refractivity contribution in [1.29, 1.82) is 0 Å². The van der Waals surface area contributed by atoms with E-state index in [-0.39, 0.29) is 5.91 Å². The van der Waals surface area contributed by atoms with Gasteiger partial charge in [0.1, 0.15) is 11.4 Å². The van der Waals surface area contributed by atoms with Crippen molar-refractivity contribution in [2.24, 2.45) is 5.92 Å². The van der Waals surface area contributed by atoms with Crippen LogP contribution in [-0.2, 0) is 9.53 Å². The van der Waals surface area contributed by atoms with Crippen LogP contribution in [0, 0.1) is 19.8 Å². The van der Waals surface area contributed by atoms with Gasteiger partial charge in [-0.05, 0) is 75.6 Å². The average Bonchev–Trinajstić information content (AvgIpc) is 2.57. The molecule has 0 aliphatic heterocycles. The summed E-state index contributed by atoms with van der Waals surface area (Å²) in [7, 11) is 0. The van der Waals surface area contributed by atoms with Crippen LogP contribution < -0.4 is 10.1 Å². The summed E-state index contributed by atoms with van der Waals surface area (Å²) in [5.41, 5.74) is 2.24. The Morgan fingerprint density at radius 2 is 1.96 bits per heavy atom. The van der Waals surface area contributed by atoms with Crippen molar-refractivity contribution in [1.82, 2.24) is 0 Å². The van der Waals surface area contributed by atoms with Gasteiger partial charge in [-0.2, -0.15) is 0 Å². The first-order valence-electron chi connectivity index (χ1n) is 10.1. The van der Waals surface area contributed by atoms with Crippen LogP contribution in [0.2, 0.25) is 0 Å². The molecule has 1 saturated carbocycles. The number of ether oxygens (including phenoxy) is 2. The van der Waals surface area contributed by atoms with Crippen molar-refractivity contribution in [3.05, 3.63) is 23.3 Å². The highest BCUT2D eigenvalue weighted by molar-refractivity contribution is 5.97. The van der Waals surface area contributed by atoms with Crippen molar-refractivity contribution in [3.63, 3.8) is 0 Å². The highest BCUT2D eigenvalue weighted by Crippen LogP contribution is 2.37. The molecule has 1 amide bonds. The summed E-state index contributed by atoms with van der Waals surface area (Å²) in [6, 6.07) is 4.00. The number of rotatable bonds is 8. The first-order chi connectivity index (χ1) is 12.4. The average molecular weight is 362 g/mol. The van der Waals surface area contributed by atoms with Crippen molar-refractivity contribution in [3.8, 4) is 5.75 Å². The number of hydrogen-bond acceptors (Lipinski definition) is 3. The lowest BCUT2D eigenvalue weighted by molar-refractivity contribution is -0.147. The third-order valence-electron chi connectivity index (χ3n) is 5.25. The molecular weight excluding hydrogens is 326 g/mol. The zero-order valence-corrected chi connectivity index (χ0v) is 17.1. The molecule has 2 unspecified atom stereocenters. The predicted molar refractivity (Wildman–Crippen MR) is 107 cm³/mol. The molecule has 26 heavy (non-hydrogen) atoms. The molecule has 1 N–H and O–H groups in total. The van der Waals surface area contributed by atoms with Gasteiger partial charge in [-0.1, -0.05) is 26.7 Å². The third-order valence-corrected chi connectivity index (χ3v) is 5.25. The van der Waals surface area contributed by atoms with E-state index >= 15 is 0 Å². The van der Waals surface area contributed by atoms with Gasteiger partial charge in [-0.25, -0.2) is 0 Å². The van der Waals surface area contributed by atoms with E-state index in [0.29, 0.717) is 12.5 Å². The lowest BCUT2D eigenvalue weighted by atomic mass is 9.78. The van der Waals surface area contributed by atoms with E-state index in [1.54, 1.807) is 0 Å². The third kappa shape index (κ3) is 5.00. The molecule has 0 heterocycles. The highest BCUT2D eigenvalue weighted by Gasteiger charge is 2.42. The fourth-order valence-electron chi connectivity index (χ4n) is 4.00. The molecule has 1 aromatic rings. The van der Waals surface area contributed by atoms with Gasteiger partial charge < -0.3 is 14.8 Å². The minimum absolute atomic E-state index is 0.00986. The van der Waals surface area contributed by atoms with E-state index in [1.807, 2.05) is 32.9 Å². The summed E-state index contributed by atoms with van der Waals surface area (Å²) < 4.78 is 11.9. The Hall–Kier alpha value is -1.55. The molecule has 146 valence electrons. The van der Waals surface area contributed by atoms with Crippen LogP contribution in [0.5, 0.6) is 5.75 Å². The van der Waals surface area contributed by atoms with Crippen LogP contribution in [0.4, 0.5) is 5.69 Å². The zero-order chi connectivity index (χ0) is 19.2. The number of unbranched alkanes of at least 4 members (excludes halogenated alkanes) is 1. The van der Waals surface area contributed by atoms with Crippen molar-refractivity contribution in [2.45, 2.75) is 78.7 Å². The molecule has 4 heteroatoms. The molecule has 0 aromatic heterocycles. The number of carbonyl (C=O) groups excluding carboxylic acids is 1. The number of carbonyl (C=O) groups is 1. The van der Waals surface area contributed by atoms with Crippen LogP contribution in [0.15, 0.2) is 12.1 Å². The first-order valence-corrected chi connectivity index (χ1v) is 10.1. The molecule has 1 aliphatic rings. The van der Waals surface area contributed by atoms with Crippen molar-refractivity contribution >= 4 is 11.6 Å². The zero-order valence-electron chi connectivity index (χ0n) is 17.1. The van der Waals surface area contributed by atoms with Gasteiger partial charge in [0, 0.05) is 12.3 Å². The Labute approximate surface area is 158 Å². The Morgan fingerprint density at radius 3 is 2.54 bits per heavy atom. The number of nitrogens with one attached hydrogen (secondary N) is 1. The summed E-state index contributed by atoms with van der Waals surface area (Å²) in [6.07, 6.45) is 5.97. The van der Waals surface area contributed by atoms with Crippen molar-refractivity contribution < 1.29 is 14.3 Å². The lowest BCUT2D eigenvalue weighted by Gasteiger charge is -2.38. The fourth-order valence-corrected chi connectivity index (χ4v) is 4.00. The number of anilines is 1. The molecule has 0 saturated heterocycles. The molecule has 4 nitrogen and oxygen atoms in total. The molecule has 0 spiro atoms. The number of aryl methyl sites for hydroxylation is 2. The first kappa shape index (κ1) is 20.8. The minimum Gasteiger partial charge on any atom is -0.493 e. The second-order valence-electron chi connectivity index (χ2n) is 7.72. The van der Waals surface area contributed by atoms with Gasteiger partial charge in [0.2, 0.25) is 0 Å². The van der Waals surface area contributed by atoms with Gasteiger partial charge in [0.15, 0.2) is 0 Å². The van der Waals surface area contributed by atoms with Crippen LogP contribution in [0.1, 0.15) is 70.4 Å². The smallest absolute Gasteiger partial charge is 0.256 e. The maximum Gasteiger partial charge on any atom is 0.256 e. The Bertz CT molecular complexity index is 586. The Balaban J connectivity index is 2.14. The molecule has 2 atom stereocenters. The molecule has 2 rings (SSSR count). The summed E-state index contributed by atoms with van der Waals surface area (Å²) in [5.74, 6) is 1.44. The van der Waals surface area contributed by atoms with Crippen LogP contribution >= 0.6 is 0 Å². The van der Waals surface area contributed by atoms with Gasteiger partial charge in [0.05, 0.1) is 6.61 Å². The Morgan fingerprint density at radius 1 is 1.27 bits per heavy atom. The minimum atomic E-state index is -0.690. The normalized spacial score (nSPS) is 22.9. The van der Waals surface area contributed by atoms with Gasteiger partial charge in [-0.15, -0.1) is 0 Å². The summed E-state index contributed by atoms with van der Waals surface area (Å²) in [4.78, 5) is 13.1. The SMILES string of the molecule is CCCCOc1c(C)cc(NC(=O)C2(OCC)CCCC(C)C2)cc1C. The fraction of sp³-hybridized carbons (Fsp3) is 0.682. The summed E-state index contributed by atoms with van der Waals surface area (Å²) >= 11 is 0. The van der Waals surface area contributed by atoms with Gasteiger partial charge >= 0.3 is 0 Å². The largest absolute Gasteiger partial charge is 0.493 e. The molecule has 1 aromatic carbocycles. The second kappa shape index (κ2) is 9.40. The second-order valence-corrected chi connectivity index (χ2v) is 7.72. The monoisotopic (exact) mass is 361 g/mol. The quantitative estimate of drug-likeness (QED) is 0.630. The van der Waals surface area contributed by atoms with Gasteiger partial charge in [0.25, 0.3) is 5.91 Å². The van der Waals surface area contributed by atoms with E-state index in [2.05, 4.69) is 19.2 Å². The number of benzene rings is 1. The van der Waals surface area contributed by atoms with Crippen LogP contribution in [0.3, 0.4) is 0 Å². The maximum atomic E-state index is 13.1.